The molecule has 1 aliphatic rings. The van der Waals surface area contributed by atoms with E-state index < -0.39 is 22.0 Å². The van der Waals surface area contributed by atoms with Gasteiger partial charge in [-0.1, -0.05) is 29.3 Å². The van der Waals surface area contributed by atoms with E-state index in [1.54, 1.807) is 18.2 Å². The van der Waals surface area contributed by atoms with Gasteiger partial charge >= 0.3 is 0 Å². The number of halogens is 2. The van der Waals surface area contributed by atoms with Crippen molar-refractivity contribution in [3.8, 4) is 0 Å². The smallest absolute Gasteiger partial charge is 0.264 e. The Bertz CT molecular complexity index is 846. The first-order chi connectivity index (χ1) is 11.8. The fourth-order valence-corrected chi connectivity index (χ4v) is 3.43. The van der Waals surface area contributed by atoms with Gasteiger partial charge in [0.1, 0.15) is 25.3 Å². The molecule has 25 heavy (non-hydrogen) atoms. The zero-order valence-corrected chi connectivity index (χ0v) is 15.5. The number of rotatable bonds is 6. The van der Waals surface area contributed by atoms with Crippen molar-refractivity contribution in [1.29, 1.82) is 0 Å². The maximum atomic E-state index is 11.2. The van der Waals surface area contributed by atoms with Gasteiger partial charge in [-0.3, -0.25) is 4.18 Å². The van der Waals surface area contributed by atoms with Gasteiger partial charge in [-0.05, 0) is 12.1 Å². The van der Waals surface area contributed by atoms with Gasteiger partial charge in [-0.2, -0.15) is 13.5 Å². The summed E-state index contributed by atoms with van der Waals surface area (Å²) in [5, 5.41) is 4.89. The molecule has 11 heteroatoms. The fraction of sp³-hybridized carbons (Fsp3) is 0.429. The van der Waals surface area contributed by atoms with Gasteiger partial charge in [0, 0.05) is 10.6 Å². The normalized spacial score (nSPS) is 23.9. The Morgan fingerprint density at radius 1 is 1.44 bits per heavy atom. The largest absolute Gasteiger partial charge is 0.342 e. The van der Waals surface area contributed by atoms with Crippen LogP contribution < -0.4 is 0 Å². The Hall–Kier alpha value is -1.23. The quantitative estimate of drug-likeness (QED) is 0.674. The van der Waals surface area contributed by atoms with Crippen LogP contribution in [0.5, 0.6) is 0 Å². The first-order valence-corrected chi connectivity index (χ1v) is 9.79. The SMILES string of the molecule is CS(=O)(=O)OC[C@H]1CO[C@@](Cn2cncn2)(c2ccc(Cl)cc2Cl)O1. The third-order valence-electron chi connectivity index (χ3n) is 3.51. The van der Waals surface area contributed by atoms with Gasteiger partial charge in [-0.15, -0.1) is 0 Å². The molecule has 1 saturated heterocycles. The minimum Gasteiger partial charge on any atom is -0.342 e. The predicted octanol–water partition coefficient (Wildman–Crippen LogP) is 1.83. The summed E-state index contributed by atoms with van der Waals surface area (Å²) in [5.41, 5.74) is 0.552. The van der Waals surface area contributed by atoms with Crippen molar-refractivity contribution >= 4 is 33.3 Å². The molecule has 1 fully saturated rings. The highest BCUT2D eigenvalue weighted by Crippen LogP contribution is 2.40. The van der Waals surface area contributed by atoms with E-state index in [1.807, 2.05) is 0 Å². The Morgan fingerprint density at radius 2 is 2.24 bits per heavy atom. The van der Waals surface area contributed by atoms with Crippen molar-refractivity contribution in [3.05, 3.63) is 46.5 Å². The maximum absolute atomic E-state index is 11.2. The summed E-state index contributed by atoms with van der Waals surface area (Å²) in [6.07, 6.45) is 3.28. The fourth-order valence-electron chi connectivity index (χ4n) is 2.48. The molecule has 1 aromatic carbocycles. The minimum atomic E-state index is -3.58. The van der Waals surface area contributed by atoms with Crippen molar-refractivity contribution in [2.45, 2.75) is 18.4 Å². The molecule has 2 atom stereocenters. The molecule has 0 aliphatic carbocycles. The van der Waals surface area contributed by atoms with Crippen molar-refractivity contribution in [2.24, 2.45) is 0 Å². The Kier molecular flexibility index (Phi) is 5.33. The second-order valence-electron chi connectivity index (χ2n) is 5.51. The lowest BCUT2D eigenvalue weighted by Crippen LogP contribution is -2.35. The summed E-state index contributed by atoms with van der Waals surface area (Å²) in [5.74, 6) is -1.26. The molecule has 2 heterocycles. The van der Waals surface area contributed by atoms with Crippen molar-refractivity contribution in [2.75, 3.05) is 19.5 Å². The molecule has 0 bridgehead atoms. The van der Waals surface area contributed by atoms with E-state index in [-0.39, 0.29) is 19.8 Å². The lowest BCUT2D eigenvalue weighted by Gasteiger charge is -2.29. The minimum absolute atomic E-state index is 0.128. The van der Waals surface area contributed by atoms with Gasteiger partial charge in [0.2, 0.25) is 5.79 Å². The molecule has 0 N–H and O–H groups in total. The summed E-state index contributed by atoms with van der Waals surface area (Å²) in [7, 11) is -3.58. The maximum Gasteiger partial charge on any atom is 0.264 e. The Balaban J connectivity index is 1.88. The number of nitrogens with zero attached hydrogens (tertiary/aromatic N) is 3. The van der Waals surface area contributed by atoms with Crippen LogP contribution in [0, 0.1) is 0 Å². The van der Waals surface area contributed by atoms with Crippen LogP contribution in [-0.4, -0.2) is 48.8 Å². The van der Waals surface area contributed by atoms with Gasteiger partial charge in [0.25, 0.3) is 10.1 Å². The van der Waals surface area contributed by atoms with E-state index in [0.717, 1.165) is 6.26 Å². The number of benzene rings is 1. The van der Waals surface area contributed by atoms with Crippen LogP contribution in [0.2, 0.25) is 10.0 Å². The monoisotopic (exact) mass is 407 g/mol. The number of hydrogen-bond acceptors (Lipinski definition) is 7. The Labute approximate surface area is 154 Å². The van der Waals surface area contributed by atoms with Gasteiger partial charge < -0.3 is 9.47 Å². The molecule has 1 aromatic heterocycles. The third kappa shape index (κ3) is 4.49. The number of hydrogen-bond donors (Lipinski definition) is 0. The highest BCUT2D eigenvalue weighted by atomic mass is 35.5. The van der Waals surface area contributed by atoms with E-state index in [9.17, 15) is 8.42 Å². The molecule has 0 radical (unpaired) electrons. The molecule has 136 valence electrons. The van der Waals surface area contributed by atoms with Crippen LogP contribution in [-0.2, 0) is 36.1 Å². The predicted molar refractivity (Wildman–Crippen MR) is 89.8 cm³/mol. The molecular weight excluding hydrogens is 393 g/mol. The van der Waals surface area contributed by atoms with Crippen LogP contribution in [0.4, 0.5) is 0 Å². The van der Waals surface area contributed by atoms with Crippen LogP contribution in [0.1, 0.15) is 5.56 Å². The second kappa shape index (κ2) is 7.18. The second-order valence-corrected chi connectivity index (χ2v) is 8.00. The van der Waals surface area contributed by atoms with Crippen molar-refractivity contribution < 1.29 is 22.1 Å². The van der Waals surface area contributed by atoms with Gasteiger partial charge in [-0.25, -0.2) is 9.67 Å². The first-order valence-electron chi connectivity index (χ1n) is 7.21. The number of aromatic nitrogens is 3. The average molecular weight is 408 g/mol. The van der Waals surface area contributed by atoms with Gasteiger partial charge in [0.15, 0.2) is 0 Å². The molecular formula is C14H15Cl2N3O5S. The zero-order chi connectivity index (χ0) is 18.1. The van der Waals surface area contributed by atoms with Crippen LogP contribution >= 0.6 is 23.2 Å². The summed E-state index contributed by atoms with van der Waals surface area (Å²) >= 11 is 12.3. The first kappa shape index (κ1) is 18.6. The lowest BCUT2D eigenvalue weighted by atomic mass is 10.1. The molecule has 1 aliphatic heterocycles. The highest BCUT2D eigenvalue weighted by Gasteiger charge is 2.45. The van der Waals surface area contributed by atoms with Gasteiger partial charge in [0.05, 0.1) is 24.5 Å². The molecule has 8 nitrogen and oxygen atoms in total. The topological polar surface area (TPSA) is 92.5 Å². The molecule has 2 aromatic rings. The number of ether oxygens (including phenoxy) is 2. The van der Waals surface area contributed by atoms with Crippen molar-refractivity contribution in [1.82, 2.24) is 14.8 Å². The third-order valence-corrected chi connectivity index (χ3v) is 4.62. The van der Waals surface area contributed by atoms with Crippen LogP contribution in [0.15, 0.2) is 30.9 Å². The molecule has 0 spiro atoms. The van der Waals surface area contributed by atoms with E-state index >= 15 is 0 Å². The van der Waals surface area contributed by atoms with E-state index in [1.165, 1.54) is 17.3 Å². The van der Waals surface area contributed by atoms with E-state index in [4.69, 9.17) is 36.9 Å². The lowest BCUT2D eigenvalue weighted by molar-refractivity contribution is -0.190. The molecule has 3 rings (SSSR count). The zero-order valence-electron chi connectivity index (χ0n) is 13.1. The van der Waals surface area contributed by atoms with Crippen LogP contribution in [0.25, 0.3) is 0 Å². The molecule has 0 saturated carbocycles. The summed E-state index contributed by atoms with van der Waals surface area (Å²) in [6.45, 7) is 0.135. The summed E-state index contributed by atoms with van der Waals surface area (Å²) in [6, 6.07) is 4.94. The van der Waals surface area contributed by atoms with E-state index in [0.29, 0.717) is 15.6 Å². The Morgan fingerprint density at radius 3 is 2.88 bits per heavy atom. The highest BCUT2D eigenvalue weighted by molar-refractivity contribution is 7.85. The van der Waals surface area contributed by atoms with Crippen LogP contribution in [0.3, 0.4) is 0 Å². The summed E-state index contributed by atoms with van der Waals surface area (Å²) in [4.78, 5) is 3.90. The average Bonchev–Trinajstić information content (AvgIpc) is 3.15. The standard InChI is InChI=1S/C14H15Cl2N3O5S/c1-25(20,21)23-6-11-5-22-14(24-11,7-19-9-17-8-18-19)12-3-2-10(15)4-13(12)16/h2-4,8-9,11H,5-7H2,1H3/t11-,14-/m1/s1. The molecule has 0 unspecified atom stereocenters. The van der Waals surface area contributed by atoms with Crippen molar-refractivity contribution in [3.63, 3.8) is 0 Å². The van der Waals surface area contributed by atoms with E-state index in [2.05, 4.69) is 10.1 Å². The molecule has 0 amide bonds. The summed E-state index contributed by atoms with van der Waals surface area (Å²) < 4.78 is 40.6.